The molecule has 2 rings (SSSR count). The summed E-state index contributed by atoms with van der Waals surface area (Å²) in [4.78, 5) is 0. The highest BCUT2D eigenvalue weighted by molar-refractivity contribution is 6.91. The molecule has 0 atom stereocenters. The molecule has 0 saturated carbocycles. The molecule has 2 heteroatoms. The van der Waals surface area contributed by atoms with E-state index >= 15 is 0 Å². The lowest BCUT2D eigenvalue weighted by atomic mass is 10.0. The van der Waals surface area contributed by atoms with Crippen molar-refractivity contribution >= 4 is 26.5 Å². The second-order valence-electron chi connectivity index (χ2n) is 8.57. The van der Waals surface area contributed by atoms with Crippen molar-refractivity contribution in [3.63, 3.8) is 0 Å². The molecule has 2 aromatic rings. The van der Waals surface area contributed by atoms with Crippen molar-refractivity contribution in [1.29, 1.82) is 0 Å². The summed E-state index contributed by atoms with van der Waals surface area (Å²) in [6, 6.07) is 15.4. The highest BCUT2D eigenvalue weighted by atomic mass is 28.3. The van der Waals surface area contributed by atoms with Gasteiger partial charge in [0, 0.05) is 0 Å². The summed E-state index contributed by atoms with van der Waals surface area (Å²) in [7, 11) is -2.74. The van der Waals surface area contributed by atoms with E-state index in [1.165, 1.54) is 32.6 Å². The van der Waals surface area contributed by atoms with E-state index in [4.69, 9.17) is 0 Å². The van der Waals surface area contributed by atoms with E-state index in [1.807, 2.05) is 0 Å². The second-order valence-corrected chi connectivity index (χ2v) is 18.7. The number of aryl methyl sites for hydroxylation is 2. The lowest BCUT2D eigenvalue weighted by Crippen LogP contribution is -2.45. The third kappa shape index (κ3) is 3.99. The lowest BCUT2D eigenvalue weighted by Gasteiger charge is -2.24. The summed E-state index contributed by atoms with van der Waals surface area (Å²) in [5.74, 6) is 0. The predicted octanol–water partition coefficient (Wildman–Crippen LogP) is 4.86. The molecule has 0 spiro atoms. The number of rotatable bonds is 3. The molecule has 117 valence electrons. The Labute approximate surface area is 138 Å². The van der Waals surface area contributed by atoms with E-state index in [0.29, 0.717) is 0 Å². The van der Waals surface area contributed by atoms with Gasteiger partial charge in [-0.25, -0.2) is 0 Å². The zero-order valence-corrected chi connectivity index (χ0v) is 17.4. The summed E-state index contributed by atoms with van der Waals surface area (Å²) in [5, 5.41) is 2.92. The molecule has 0 saturated heterocycles. The maximum atomic E-state index is 3.79. The van der Waals surface area contributed by atoms with Crippen LogP contribution in [0.3, 0.4) is 0 Å². The van der Waals surface area contributed by atoms with Gasteiger partial charge in [-0.05, 0) is 31.0 Å². The minimum absolute atomic E-state index is 1.34. The Bertz CT molecular complexity index is 633. The smallest absolute Gasteiger partial charge is 0.0656 e. The molecule has 0 amide bonds. The molecule has 1 radical (unpaired) electrons. The summed E-state index contributed by atoms with van der Waals surface area (Å²) in [5.41, 5.74) is 5.41. The third-order valence-corrected chi connectivity index (χ3v) is 7.81. The van der Waals surface area contributed by atoms with Crippen LogP contribution in [0, 0.1) is 19.9 Å². The Morgan fingerprint density at radius 1 is 0.591 bits per heavy atom. The van der Waals surface area contributed by atoms with E-state index in [9.17, 15) is 0 Å². The van der Waals surface area contributed by atoms with E-state index < -0.39 is 16.1 Å². The molecule has 0 N–H and O–H groups in total. The molecule has 0 aliphatic heterocycles. The van der Waals surface area contributed by atoms with Crippen molar-refractivity contribution < 1.29 is 0 Å². The van der Waals surface area contributed by atoms with E-state index in [0.717, 1.165) is 0 Å². The van der Waals surface area contributed by atoms with Crippen LogP contribution in [0.5, 0.6) is 0 Å². The van der Waals surface area contributed by atoms with E-state index in [-0.39, 0.29) is 0 Å². The van der Waals surface area contributed by atoms with Crippen molar-refractivity contribution in [2.75, 3.05) is 0 Å². The third-order valence-electron chi connectivity index (χ3n) is 4.04. The first-order valence-electron chi connectivity index (χ1n) is 8.14. The van der Waals surface area contributed by atoms with Crippen molar-refractivity contribution in [2.45, 2.75) is 53.1 Å². The van der Waals surface area contributed by atoms with Gasteiger partial charge in [0.2, 0.25) is 0 Å². The van der Waals surface area contributed by atoms with E-state index in [2.05, 4.69) is 89.5 Å². The SMILES string of the molecule is Cc1cc(C)cc(-c2cc([Si](C)(C)C)[c]c([Si](C)(C)C)c2)c1. The van der Waals surface area contributed by atoms with Crippen LogP contribution < -0.4 is 10.4 Å². The quantitative estimate of drug-likeness (QED) is 0.707. The summed E-state index contributed by atoms with van der Waals surface area (Å²) < 4.78 is 0. The fourth-order valence-corrected chi connectivity index (χ4v) is 5.01. The van der Waals surface area contributed by atoms with Crippen LogP contribution in [0.1, 0.15) is 11.1 Å². The topological polar surface area (TPSA) is 0 Å². The maximum absolute atomic E-state index is 3.79. The molecule has 0 bridgehead atoms. The van der Waals surface area contributed by atoms with Crippen molar-refractivity contribution in [3.05, 3.63) is 47.5 Å². The van der Waals surface area contributed by atoms with Crippen LogP contribution in [-0.4, -0.2) is 16.1 Å². The minimum atomic E-state index is -1.37. The fraction of sp³-hybridized carbons (Fsp3) is 0.400. The summed E-state index contributed by atoms with van der Waals surface area (Å²) in [6.07, 6.45) is 0. The number of hydrogen-bond donors (Lipinski definition) is 0. The van der Waals surface area contributed by atoms with Gasteiger partial charge in [-0.2, -0.15) is 0 Å². The van der Waals surface area contributed by atoms with Crippen molar-refractivity contribution in [2.24, 2.45) is 0 Å². The van der Waals surface area contributed by atoms with Crippen LogP contribution in [0.15, 0.2) is 30.3 Å². The highest BCUT2D eigenvalue weighted by Crippen LogP contribution is 2.22. The molecule has 0 aromatic heterocycles. The zero-order chi connectivity index (χ0) is 16.7. The Hall–Kier alpha value is -1.13. The standard InChI is InChI=1S/C20H29Si2/c1-15-9-16(2)11-17(10-15)18-12-19(21(3,4)5)14-20(13-18)22(6,7)8/h9-13H,1-8H3. The summed E-state index contributed by atoms with van der Waals surface area (Å²) >= 11 is 0. The summed E-state index contributed by atoms with van der Waals surface area (Å²) in [6.45, 7) is 18.9. The van der Waals surface area contributed by atoms with Crippen LogP contribution >= 0.6 is 0 Å². The first-order chi connectivity index (χ1) is 9.96. The van der Waals surface area contributed by atoms with E-state index in [1.54, 1.807) is 0 Å². The molecule has 22 heavy (non-hydrogen) atoms. The fourth-order valence-electron chi connectivity index (χ4n) is 2.69. The lowest BCUT2D eigenvalue weighted by molar-refractivity contribution is 1.38. The van der Waals surface area contributed by atoms with Gasteiger partial charge >= 0.3 is 0 Å². The largest absolute Gasteiger partial charge is 0.0784 e. The highest BCUT2D eigenvalue weighted by Gasteiger charge is 2.23. The zero-order valence-electron chi connectivity index (χ0n) is 15.4. The van der Waals surface area contributed by atoms with Crippen LogP contribution in [0.25, 0.3) is 11.1 Å². The molecular weight excluding hydrogens is 296 g/mol. The first kappa shape index (κ1) is 17.2. The number of hydrogen-bond acceptors (Lipinski definition) is 0. The molecule has 2 aromatic carbocycles. The van der Waals surface area contributed by atoms with Gasteiger partial charge in [0.25, 0.3) is 0 Å². The molecule has 0 heterocycles. The Kier molecular flexibility index (Phi) is 4.56. The Morgan fingerprint density at radius 3 is 1.32 bits per heavy atom. The van der Waals surface area contributed by atoms with Crippen LogP contribution in [0.2, 0.25) is 39.3 Å². The van der Waals surface area contributed by atoms with Gasteiger partial charge in [0.15, 0.2) is 0 Å². The number of benzene rings is 2. The molecule has 0 aliphatic carbocycles. The maximum Gasteiger partial charge on any atom is 0.0784 e. The predicted molar refractivity (Wildman–Crippen MR) is 106 cm³/mol. The first-order valence-corrected chi connectivity index (χ1v) is 15.1. The van der Waals surface area contributed by atoms with Gasteiger partial charge in [0.1, 0.15) is 0 Å². The Balaban J connectivity index is 2.70. The van der Waals surface area contributed by atoms with Gasteiger partial charge in [-0.15, -0.1) is 0 Å². The minimum Gasteiger partial charge on any atom is -0.0656 e. The monoisotopic (exact) mass is 325 g/mol. The van der Waals surface area contributed by atoms with Crippen LogP contribution in [-0.2, 0) is 0 Å². The van der Waals surface area contributed by atoms with Gasteiger partial charge < -0.3 is 0 Å². The average Bonchev–Trinajstić information content (AvgIpc) is 2.35. The van der Waals surface area contributed by atoms with Crippen molar-refractivity contribution in [1.82, 2.24) is 0 Å². The molecule has 0 nitrogen and oxygen atoms in total. The second kappa shape index (κ2) is 5.82. The van der Waals surface area contributed by atoms with Gasteiger partial charge in [0.05, 0.1) is 16.1 Å². The van der Waals surface area contributed by atoms with Gasteiger partial charge in [-0.1, -0.05) is 91.1 Å². The van der Waals surface area contributed by atoms with Gasteiger partial charge in [-0.3, -0.25) is 0 Å². The Morgan fingerprint density at radius 2 is 0.955 bits per heavy atom. The van der Waals surface area contributed by atoms with Crippen LogP contribution in [0.4, 0.5) is 0 Å². The molecular formula is C20H29Si2. The molecule has 0 fully saturated rings. The molecule has 0 aliphatic rings. The molecule has 0 unspecified atom stereocenters. The normalized spacial score (nSPS) is 12.5. The average molecular weight is 326 g/mol. The van der Waals surface area contributed by atoms with Crippen molar-refractivity contribution in [3.8, 4) is 11.1 Å².